The zero-order chi connectivity index (χ0) is 7.49. The Kier molecular flexibility index (Phi) is 3.44. The van der Waals surface area contributed by atoms with Crippen molar-refractivity contribution >= 4 is 15.9 Å². The van der Waals surface area contributed by atoms with Crippen LogP contribution in [-0.4, -0.2) is 12.2 Å². The molecule has 0 radical (unpaired) electrons. The van der Waals surface area contributed by atoms with Crippen molar-refractivity contribution in [1.29, 1.82) is 0 Å². The zero-order valence-corrected chi connectivity index (χ0v) is 7.79. The molecule has 54 valence electrons. The number of hydrogen-bond donors (Lipinski definition) is 0. The Morgan fingerprint density at radius 2 is 2.00 bits per heavy atom. The summed E-state index contributed by atoms with van der Waals surface area (Å²) in [5.74, 6) is 0. The molecular formula is C7H13BrO. The maximum absolute atomic E-state index is 5.34. The summed E-state index contributed by atoms with van der Waals surface area (Å²) in [6.45, 7) is 10.3. The van der Waals surface area contributed by atoms with Crippen LogP contribution in [0.4, 0.5) is 0 Å². The van der Waals surface area contributed by atoms with Gasteiger partial charge in [-0.15, -0.1) is 0 Å². The molecule has 9 heavy (non-hydrogen) atoms. The van der Waals surface area contributed by atoms with Crippen molar-refractivity contribution in [2.75, 3.05) is 6.61 Å². The van der Waals surface area contributed by atoms with Gasteiger partial charge in [-0.25, -0.2) is 0 Å². The number of rotatable bonds is 2. The molecular weight excluding hydrogens is 180 g/mol. The predicted octanol–water partition coefficient (Wildman–Crippen LogP) is 2.71. The van der Waals surface area contributed by atoms with Crippen molar-refractivity contribution in [2.24, 2.45) is 0 Å². The summed E-state index contributed by atoms with van der Waals surface area (Å²) in [7, 11) is 0. The quantitative estimate of drug-likeness (QED) is 0.655. The predicted molar refractivity (Wildman–Crippen MR) is 43.8 cm³/mol. The van der Waals surface area contributed by atoms with Crippen LogP contribution in [0.5, 0.6) is 0 Å². The highest BCUT2D eigenvalue weighted by atomic mass is 79.9. The summed E-state index contributed by atoms with van der Waals surface area (Å²) in [5.41, 5.74) is -0.0588. The number of halogens is 1. The number of hydrogen-bond acceptors (Lipinski definition) is 1. The first-order valence-electron chi connectivity index (χ1n) is 2.89. The summed E-state index contributed by atoms with van der Waals surface area (Å²) in [5, 5.41) is 0. The average molecular weight is 193 g/mol. The van der Waals surface area contributed by atoms with Crippen LogP contribution in [0.1, 0.15) is 20.8 Å². The first kappa shape index (κ1) is 9.18. The highest BCUT2D eigenvalue weighted by Gasteiger charge is 2.08. The van der Waals surface area contributed by atoms with Crippen molar-refractivity contribution in [2.45, 2.75) is 26.4 Å². The minimum atomic E-state index is -0.0588. The lowest BCUT2D eigenvalue weighted by atomic mass is 10.2. The zero-order valence-electron chi connectivity index (χ0n) is 6.20. The molecule has 0 aromatic carbocycles. The largest absolute Gasteiger partial charge is 0.371 e. The lowest BCUT2D eigenvalue weighted by molar-refractivity contribution is 0.0141. The van der Waals surface area contributed by atoms with Crippen LogP contribution in [0.3, 0.4) is 0 Å². The van der Waals surface area contributed by atoms with Gasteiger partial charge in [-0.2, -0.15) is 0 Å². The third-order valence-corrected chi connectivity index (χ3v) is 0.891. The fourth-order valence-electron chi connectivity index (χ4n) is 0.295. The standard InChI is InChI=1S/C7H13BrO/c1-6(8)5-9-7(2,3)4/h1,5H2,2-4H3. The molecule has 0 aromatic rings. The van der Waals surface area contributed by atoms with E-state index in [1.54, 1.807) is 0 Å². The van der Waals surface area contributed by atoms with Crippen molar-refractivity contribution < 1.29 is 4.74 Å². The maximum atomic E-state index is 5.34. The van der Waals surface area contributed by atoms with Crippen molar-refractivity contribution in [3.63, 3.8) is 0 Å². The van der Waals surface area contributed by atoms with Gasteiger partial charge >= 0.3 is 0 Å². The summed E-state index contributed by atoms with van der Waals surface area (Å²) >= 11 is 3.21. The molecule has 0 N–H and O–H groups in total. The molecule has 0 heterocycles. The van der Waals surface area contributed by atoms with Gasteiger partial charge in [0.25, 0.3) is 0 Å². The average Bonchev–Trinajstić information content (AvgIpc) is 1.59. The van der Waals surface area contributed by atoms with Crippen LogP contribution in [0.2, 0.25) is 0 Å². The van der Waals surface area contributed by atoms with E-state index in [-0.39, 0.29) is 5.60 Å². The molecule has 1 nitrogen and oxygen atoms in total. The van der Waals surface area contributed by atoms with Gasteiger partial charge in [0.1, 0.15) is 0 Å². The Bertz CT molecular complexity index is 102. The van der Waals surface area contributed by atoms with Gasteiger partial charge in [0.2, 0.25) is 0 Å². The fraction of sp³-hybridized carbons (Fsp3) is 0.714. The molecule has 0 saturated heterocycles. The molecule has 0 saturated carbocycles. The van der Waals surface area contributed by atoms with Gasteiger partial charge in [-0.05, 0) is 20.8 Å². The van der Waals surface area contributed by atoms with Gasteiger partial charge < -0.3 is 4.74 Å². The molecule has 0 bridgehead atoms. The van der Waals surface area contributed by atoms with Crippen LogP contribution in [-0.2, 0) is 4.74 Å². The molecule has 0 rings (SSSR count). The Hall–Kier alpha value is 0.180. The summed E-state index contributed by atoms with van der Waals surface area (Å²) < 4.78 is 6.23. The maximum Gasteiger partial charge on any atom is 0.0782 e. The third-order valence-electron chi connectivity index (χ3n) is 0.662. The SMILES string of the molecule is C=C(Br)COC(C)(C)C. The molecule has 0 aliphatic carbocycles. The van der Waals surface area contributed by atoms with E-state index in [4.69, 9.17) is 4.74 Å². The second-order valence-corrected chi connectivity index (χ2v) is 4.04. The summed E-state index contributed by atoms with van der Waals surface area (Å²) in [6.07, 6.45) is 0. The molecule has 0 atom stereocenters. The smallest absolute Gasteiger partial charge is 0.0782 e. The van der Waals surface area contributed by atoms with Gasteiger partial charge in [0, 0.05) is 4.48 Å². The van der Waals surface area contributed by atoms with E-state index in [9.17, 15) is 0 Å². The molecule has 2 heteroatoms. The summed E-state index contributed by atoms with van der Waals surface area (Å²) in [6, 6.07) is 0. The highest BCUT2D eigenvalue weighted by molar-refractivity contribution is 9.11. The van der Waals surface area contributed by atoms with E-state index in [0.29, 0.717) is 6.61 Å². The molecule has 0 aliphatic heterocycles. The monoisotopic (exact) mass is 192 g/mol. The first-order chi connectivity index (χ1) is 3.92. The molecule has 0 fully saturated rings. The summed E-state index contributed by atoms with van der Waals surface area (Å²) in [4.78, 5) is 0. The molecule has 0 unspecified atom stereocenters. The van der Waals surface area contributed by atoms with Crippen molar-refractivity contribution in [3.05, 3.63) is 11.1 Å². The minimum Gasteiger partial charge on any atom is -0.371 e. The first-order valence-corrected chi connectivity index (χ1v) is 3.68. The van der Waals surface area contributed by atoms with Gasteiger partial charge in [0.15, 0.2) is 0 Å². The van der Waals surface area contributed by atoms with Crippen molar-refractivity contribution in [1.82, 2.24) is 0 Å². The fourth-order valence-corrected chi connectivity index (χ4v) is 0.409. The van der Waals surface area contributed by atoms with E-state index in [0.717, 1.165) is 4.48 Å². The van der Waals surface area contributed by atoms with Crippen LogP contribution in [0, 0.1) is 0 Å². The normalized spacial score (nSPS) is 11.6. The van der Waals surface area contributed by atoms with E-state index in [2.05, 4.69) is 22.5 Å². The third kappa shape index (κ3) is 8.18. The van der Waals surface area contributed by atoms with Gasteiger partial charge in [-0.3, -0.25) is 0 Å². The Labute approximate surface area is 65.2 Å². The lowest BCUT2D eigenvalue weighted by Gasteiger charge is -2.18. The highest BCUT2D eigenvalue weighted by Crippen LogP contribution is 2.10. The second kappa shape index (κ2) is 3.37. The molecule has 0 aliphatic rings. The van der Waals surface area contributed by atoms with Crippen molar-refractivity contribution in [3.8, 4) is 0 Å². The Balaban J connectivity index is 3.39. The minimum absolute atomic E-state index is 0.0588. The van der Waals surface area contributed by atoms with Crippen LogP contribution >= 0.6 is 15.9 Å². The second-order valence-electron chi connectivity index (χ2n) is 2.92. The van der Waals surface area contributed by atoms with E-state index in [1.165, 1.54) is 0 Å². The molecule has 0 amide bonds. The Morgan fingerprint density at radius 3 is 2.11 bits per heavy atom. The van der Waals surface area contributed by atoms with E-state index in [1.807, 2.05) is 20.8 Å². The number of ether oxygens (including phenoxy) is 1. The van der Waals surface area contributed by atoms with Gasteiger partial charge in [0.05, 0.1) is 12.2 Å². The van der Waals surface area contributed by atoms with E-state index >= 15 is 0 Å². The van der Waals surface area contributed by atoms with Crippen LogP contribution in [0.25, 0.3) is 0 Å². The topological polar surface area (TPSA) is 9.23 Å². The molecule has 0 aromatic heterocycles. The van der Waals surface area contributed by atoms with Crippen LogP contribution in [0.15, 0.2) is 11.1 Å². The van der Waals surface area contributed by atoms with Gasteiger partial charge in [-0.1, -0.05) is 22.5 Å². The molecule has 0 spiro atoms. The van der Waals surface area contributed by atoms with E-state index < -0.39 is 0 Å². The lowest BCUT2D eigenvalue weighted by Crippen LogP contribution is -2.19. The van der Waals surface area contributed by atoms with Crippen LogP contribution < -0.4 is 0 Å². The Morgan fingerprint density at radius 1 is 1.56 bits per heavy atom.